The Kier molecular flexibility index (Phi) is 30.2. The third-order valence-electron chi connectivity index (χ3n) is 7.79. The fourth-order valence-corrected chi connectivity index (χ4v) is 5.14. The van der Waals surface area contributed by atoms with Crippen LogP contribution in [0.2, 0.25) is 0 Å². The summed E-state index contributed by atoms with van der Waals surface area (Å²) in [5, 5.41) is 2.99. The minimum Gasteiger partial charge on any atom is -0.446 e. The minimum absolute atomic E-state index is 0.0267. The highest BCUT2D eigenvalue weighted by Crippen LogP contribution is 2.26. The smallest absolute Gasteiger partial charge is 0.407 e. The lowest BCUT2D eigenvalue weighted by molar-refractivity contribution is 0.0490. The van der Waals surface area contributed by atoms with Gasteiger partial charge in [-0.2, -0.15) is 0 Å². The van der Waals surface area contributed by atoms with Gasteiger partial charge in [0.15, 0.2) is 0 Å². The third-order valence-corrected chi connectivity index (χ3v) is 7.79. The van der Waals surface area contributed by atoms with Gasteiger partial charge in [0, 0.05) is 13.1 Å². The van der Waals surface area contributed by atoms with Gasteiger partial charge in [-0.15, -0.1) is 0 Å². The molecular weight excluding hydrogens is 504 g/mol. The van der Waals surface area contributed by atoms with Crippen molar-refractivity contribution in [2.24, 2.45) is 5.92 Å². The van der Waals surface area contributed by atoms with E-state index in [4.69, 9.17) is 4.74 Å². The molecule has 1 amide bonds. The monoisotopic (exact) mass is 575 g/mol. The zero-order valence-corrected chi connectivity index (χ0v) is 28.1. The molecule has 4 nitrogen and oxygen atoms in total. The van der Waals surface area contributed by atoms with Crippen molar-refractivity contribution in [3.05, 3.63) is 36.5 Å². The Morgan fingerprint density at radius 3 is 1.54 bits per heavy atom. The molecule has 0 saturated carbocycles. The number of carbonyl (C=O) groups excluding carboxylic acids is 1. The summed E-state index contributed by atoms with van der Waals surface area (Å²) in [4.78, 5) is 14.9. The highest BCUT2D eigenvalue weighted by molar-refractivity contribution is 5.67. The summed E-state index contributed by atoms with van der Waals surface area (Å²) in [5.74, 6) is 0.412. The molecule has 0 fully saturated rings. The fraction of sp³-hybridized carbons (Fsp3) is 0.811. The van der Waals surface area contributed by atoms with Gasteiger partial charge in [-0.25, -0.2) is 4.79 Å². The van der Waals surface area contributed by atoms with Gasteiger partial charge in [0.05, 0.1) is 0 Å². The highest BCUT2D eigenvalue weighted by atomic mass is 16.6. The second-order valence-corrected chi connectivity index (χ2v) is 12.1. The molecule has 2 unspecified atom stereocenters. The molecule has 0 aromatic heterocycles. The number of unbranched alkanes of at least 4 members (excludes halogenated alkanes) is 12. The fourth-order valence-electron chi connectivity index (χ4n) is 5.14. The van der Waals surface area contributed by atoms with Gasteiger partial charge in [0.1, 0.15) is 6.10 Å². The van der Waals surface area contributed by atoms with Crippen molar-refractivity contribution in [1.82, 2.24) is 10.2 Å². The topological polar surface area (TPSA) is 41.6 Å². The largest absolute Gasteiger partial charge is 0.446 e. The van der Waals surface area contributed by atoms with Gasteiger partial charge in [-0.1, -0.05) is 102 Å². The maximum Gasteiger partial charge on any atom is 0.407 e. The third kappa shape index (κ3) is 28.3. The van der Waals surface area contributed by atoms with Crippen molar-refractivity contribution in [2.75, 3.05) is 27.2 Å². The maximum absolute atomic E-state index is 12.8. The second-order valence-electron chi connectivity index (χ2n) is 12.1. The number of likely N-dealkylation sites (N-methyl/N-ethyl adjacent to an activating group) is 1. The number of amides is 1. The van der Waals surface area contributed by atoms with E-state index in [0.717, 1.165) is 64.3 Å². The lowest BCUT2D eigenvalue weighted by Gasteiger charge is -2.27. The first-order chi connectivity index (χ1) is 20.0. The summed E-state index contributed by atoms with van der Waals surface area (Å²) in [6, 6.07) is 0. The molecule has 0 aliphatic carbocycles. The molecule has 4 heteroatoms. The van der Waals surface area contributed by atoms with Crippen molar-refractivity contribution in [1.29, 1.82) is 0 Å². The summed E-state index contributed by atoms with van der Waals surface area (Å²) in [7, 11) is 4.05. The van der Waals surface area contributed by atoms with Crippen LogP contribution < -0.4 is 5.32 Å². The molecule has 2 atom stereocenters. The summed E-state index contributed by atoms with van der Waals surface area (Å²) in [6.45, 7) is 8.22. The number of alkyl carbamates (subject to hydrolysis) is 1. The SMILES string of the molecule is CCCCC/C=C\CCCC(CCC/C=C\CCCCCC)C(CC/C=C\CCCCC)OC(=O)NCCN(C)C. The summed E-state index contributed by atoms with van der Waals surface area (Å²) in [5.41, 5.74) is 0. The van der Waals surface area contributed by atoms with E-state index < -0.39 is 0 Å². The molecule has 0 heterocycles. The summed E-state index contributed by atoms with van der Waals surface area (Å²) >= 11 is 0. The van der Waals surface area contributed by atoms with Crippen molar-refractivity contribution < 1.29 is 9.53 Å². The average Bonchev–Trinajstić information content (AvgIpc) is 2.95. The first-order valence-electron chi connectivity index (χ1n) is 17.6. The standard InChI is InChI=1S/C37H70N2O2/c1-6-9-12-15-18-20-23-25-28-31-35(30-27-24-22-19-16-13-10-7-2)36(32-29-26-21-17-14-11-8-3)41-37(40)38-33-34-39(4)5/h19-23,26,35-36H,6-18,24-25,27-34H2,1-5H3,(H,38,40)/b22-19-,23-20-,26-21-. The predicted molar refractivity (Wildman–Crippen MR) is 182 cm³/mol. The van der Waals surface area contributed by atoms with Crippen LogP contribution in [-0.2, 0) is 4.74 Å². The lowest BCUT2D eigenvalue weighted by Crippen LogP contribution is -2.36. The van der Waals surface area contributed by atoms with E-state index in [1.165, 1.54) is 77.0 Å². The summed E-state index contributed by atoms with van der Waals surface area (Å²) in [6.07, 6.45) is 39.2. The Morgan fingerprint density at radius 1 is 0.610 bits per heavy atom. The molecule has 0 aliphatic rings. The van der Waals surface area contributed by atoms with Gasteiger partial charge in [-0.05, 0) is 110 Å². The van der Waals surface area contributed by atoms with E-state index in [-0.39, 0.29) is 12.2 Å². The number of allylic oxidation sites excluding steroid dienone is 6. The van der Waals surface area contributed by atoms with Crippen molar-refractivity contribution in [3.8, 4) is 0 Å². The highest BCUT2D eigenvalue weighted by Gasteiger charge is 2.24. The summed E-state index contributed by atoms with van der Waals surface area (Å²) < 4.78 is 6.16. The van der Waals surface area contributed by atoms with E-state index in [2.05, 4.69) is 67.4 Å². The number of nitrogens with one attached hydrogen (secondary N) is 1. The molecule has 0 bridgehead atoms. The molecule has 0 aromatic carbocycles. The average molecular weight is 575 g/mol. The Bertz CT molecular complexity index is 641. The van der Waals surface area contributed by atoms with Crippen molar-refractivity contribution in [2.45, 2.75) is 162 Å². The van der Waals surface area contributed by atoms with Crippen LogP contribution in [0.5, 0.6) is 0 Å². The zero-order chi connectivity index (χ0) is 30.2. The Hall–Kier alpha value is -1.55. The molecule has 0 aromatic rings. The van der Waals surface area contributed by atoms with Crippen molar-refractivity contribution >= 4 is 6.09 Å². The van der Waals surface area contributed by atoms with Gasteiger partial charge >= 0.3 is 6.09 Å². The Labute approximate surface area is 256 Å². The van der Waals surface area contributed by atoms with E-state index in [9.17, 15) is 4.79 Å². The first kappa shape index (κ1) is 39.5. The molecular formula is C37H70N2O2. The Morgan fingerprint density at radius 2 is 1.05 bits per heavy atom. The normalized spacial score (nSPS) is 13.6. The van der Waals surface area contributed by atoms with Gasteiger partial charge < -0.3 is 15.0 Å². The van der Waals surface area contributed by atoms with Crippen LogP contribution in [0.4, 0.5) is 4.79 Å². The van der Waals surface area contributed by atoms with Gasteiger partial charge in [0.2, 0.25) is 0 Å². The van der Waals surface area contributed by atoms with Crippen LogP contribution in [0.25, 0.3) is 0 Å². The van der Waals surface area contributed by atoms with Crippen molar-refractivity contribution in [3.63, 3.8) is 0 Å². The van der Waals surface area contributed by atoms with Crippen LogP contribution in [0.15, 0.2) is 36.5 Å². The first-order valence-corrected chi connectivity index (χ1v) is 17.6. The minimum atomic E-state index is -0.253. The lowest BCUT2D eigenvalue weighted by atomic mass is 9.88. The molecule has 240 valence electrons. The number of rotatable bonds is 29. The van der Waals surface area contributed by atoms with Gasteiger partial charge in [-0.3, -0.25) is 0 Å². The number of hydrogen-bond acceptors (Lipinski definition) is 3. The van der Waals surface area contributed by atoms with E-state index in [1.54, 1.807) is 0 Å². The molecule has 1 N–H and O–H groups in total. The number of carbonyl (C=O) groups is 1. The Balaban J connectivity index is 5.11. The quantitative estimate of drug-likeness (QED) is 0.0713. The van der Waals surface area contributed by atoms with Crippen LogP contribution in [0, 0.1) is 5.92 Å². The number of nitrogens with zero attached hydrogens (tertiary/aromatic N) is 1. The maximum atomic E-state index is 12.8. The number of hydrogen-bond donors (Lipinski definition) is 1. The van der Waals surface area contributed by atoms with Crippen LogP contribution in [0.1, 0.15) is 156 Å². The van der Waals surface area contributed by atoms with E-state index >= 15 is 0 Å². The number of ether oxygens (including phenoxy) is 1. The van der Waals surface area contributed by atoms with Crippen LogP contribution in [0.3, 0.4) is 0 Å². The molecule has 0 aliphatic heterocycles. The molecule has 0 spiro atoms. The van der Waals surface area contributed by atoms with E-state index in [1.807, 2.05) is 14.1 Å². The zero-order valence-electron chi connectivity index (χ0n) is 28.1. The molecule has 0 saturated heterocycles. The second kappa shape index (κ2) is 31.4. The van der Waals surface area contributed by atoms with Crippen LogP contribution >= 0.6 is 0 Å². The molecule has 0 radical (unpaired) electrons. The molecule has 0 rings (SSSR count). The predicted octanol–water partition coefficient (Wildman–Crippen LogP) is 11.2. The van der Waals surface area contributed by atoms with Crippen LogP contribution in [-0.4, -0.2) is 44.3 Å². The molecule has 41 heavy (non-hydrogen) atoms. The van der Waals surface area contributed by atoms with Gasteiger partial charge in [0.25, 0.3) is 0 Å². The van der Waals surface area contributed by atoms with E-state index in [0.29, 0.717) is 12.5 Å².